The van der Waals surface area contributed by atoms with Gasteiger partial charge in [0.05, 0.1) is 25.2 Å². The highest BCUT2D eigenvalue weighted by Gasteiger charge is 2.24. The minimum absolute atomic E-state index is 0. The quantitative estimate of drug-likeness (QED) is 0.855. The van der Waals surface area contributed by atoms with Crippen LogP contribution in [0.3, 0.4) is 0 Å². The van der Waals surface area contributed by atoms with E-state index in [0.29, 0.717) is 12.5 Å². The van der Waals surface area contributed by atoms with Crippen molar-refractivity contribution in [2.45, 2.75) is 12.3 Å². The number of hydrogen-bond acceptors (Lipinski definition) is 3. The molecule has 0 bridgehead atoms. The lowest BCUT2D eigenvalue weighted by Crippen LogP contribution is -2.22. The van der Waals surface area contributed by atoms with Crippen LogP contribution in [-0.4, -0.2) is 18.9 Å². The molecule has 3 nitrogen and oxygen atoms in total. The Balaban J connectivity index is 0.00000133. The fraction of sp³-hybridized carbons (Fsp3) is 0.267. The number of halogens is 1. The lowest BCUT2D eigenvalue weighted by molar-refractivity contribution is 0.481. The summed E-state index contributed by atoms with van der Waals surface area (Å²) in [5, 5.41) is 5.48. The van der Waals surface area contributed by atoms with Crippen molar-refractivity contribution in [3.63, 3.8) is 0 Å². The van der Waals surface area contributed by atoms with Gasteiger partial charge in [0.1, 0.15) is 5.76 Å². The summed E-state index contributed by atoms with van der Waals surface area (Å²) in [6.45, 7) is 1.30. The standard InChI is InChI=1S/C15H14N2O.ClH/c1-2-7-16-14-8-12(9-17-14)15-13-6-4-3-5-11(13)10-18-15;/h1,3-6,10,12H,7-9H2,(H,16,17);1H. The van der Waals surface area contributed by atoms with Crippen LogP contribution in [-0.2, 0) is 0 Å². The van der Waals surface area contributed by atoms with Gasteiger partial charge >= 0.3 is 0 Å². The third-order valence-corrected chi connectivity index (χ3v) is 3.25. The molecule has 98 valence electrons. The molecule has 1 unspecified atom stereocenters. The zero-order valence-corrected chi connectivity index (χ0v) is 11.2. The number of benzene rings is 1. The van der Waals surface area contributed by atoms with E-state index in [0.717, 1.165) is 29.9 Å². The molecule has 0 amide bonds. The molecule has 1 aromatic heterocycles. The molecule has 2 heterocycles. The van der Waals surface area contributed by atoms with Gasteiger partial charge in [0.15, 0.2) is 0 Å². The minimum Gasteiger partial charge on any atom is -0.468 e. The molecular formula is C15H15ClN2O. The third kappa shape index (κ3) is 2.59. The lowest BCUT2D eigenvalue weighted by Gasteiger charge is -2.06. The zero-order valence-electron chi connectivity index (χ0n) is 10.4. The van der Waals surface area contributed by atoms with E-state index in [4.69, 9.17) is 10.8 Å². The van der Waals surface area contributed by atoms with Crippen molar-refractivity contribution in [2.75, 3.05) is 13.1 Å². The van der Waals surface area contributed by atoms with E-state index in [1.54, 1.807) is 0 Å². The summed E-state index contributed by atoms with van der Waals surface area (Å²) in [7, 11) is 0. The van der Waals surface area contributed by atoms with Gasteiger partial charge in [-0.2, -0.15) is 0 Å². The molecule has 1 aliphatic rings. The van der Waals surface area contributed by atoms with Gasteiger partial charge in [0, 0.05) is 23.1 Å². The number of amidine groups is 1. The first-order chi connectivity index (χ1) is 8.88. The first-order valence-electron chi connectivity index (χ1n) is 6.05. The molecule has 1 N–H and O–H groups in total. The Kier molecular flexibility index (Phi) is 4.13. The van der Waals surface area contributed by atoms with E-state index >= 15 is 0 Å². The minimum atomic E-state index is 0. The van der Waals surface area contributed by atoms with Crippen LogP contribution in [0.15, 0.2) is 39.9 Å². The largest absolute Gasteiger partial charge is 0.468 e. The Hall–Kier alpha value is -1.92. The number of rotatable bonds is 2. The summed E-state index contributed by atoms with van der Waals surface area (Å²) >= 11 is 0. The van der Waals surface area contributed by atoms with Crippen LogP contribution in [0.5, 0.6) is 0 Å². The van der Waals surface area contributed by atoms with Crippen molar-refractivity contribution in [1.82, 2.24) is 5.32 Å². The maximum absolute atomic E-state index is 5.71. The van der Waals surface area contributed by atoms with Crippen molar-refractivity contribution < 1.29 is 4.42 Å². The monoisotopic (exact) mass is 274 g/mol. The molecule has 4 heteroatoms. The Morgan fingerprint density at radius 3 is 3.11 bits per heavy atom. The summed E-state index contributed by atoms with van der Waals surface area (Å²) in [4.78, 5) is 4.47. The van der Waals surface area contributed by atoms with Crippen molar-refractivity contribution >= 4 is 29.0 Å². The van der Waals surface area contributed by atoms with Gasteiger partial charge < -0.3 is 9.73 Å². The second kappa shape index (κ2) is 5.81. The van der Waals surface area contributed by atoms with Crippen LogP contribution in [0.25, 0.3) is 10.8 Å². The molecule has 1 aromatic carbocycles. The van der Waals surface area contributed by atoms with E-state index in [2.05, 4.69) is 28.4 Å². The summed E-state index contributed by atoms with van der Waals surface area (Å²) in [5.74, 6) is 4.90. The van der Waals surface area contributed by atoms with Gasteiger partial charge in [-0.05, 0) is 0 Å². The highest BCUT2D eigenvalue weighted by molar-refractivity contribution is 5.88. The normalized spacial score (nSPS) is 17.6. The number of aliphatic imine (C=N–C) groups is 1. The molecule has 0 saturated carbocycles. The Labute approximate surface area is 118 Å². The van der Waals surface area contributed by atoms with Gasteiger partial charge in [-0.25, -0.2) is 0 Å². The molecule has 2 aromatic rings. The summed E-state index contributed by atoms with van der Waals surface area (Å²) in [6.07, 6.45) is 7.92. The first-order valence-corrected chi connectivity index (χ1v) is 6.05. The maximum Gasteiger partial charge on any atom is 0.116 e. The van der Waals surface area contributed by atoms with Crippen LogP contribution in [0.1, 0.15) is 18.1 Å². The molecule has 19 heavy (non-hydrogen) atoms. The molecule has 0 fully saturated rings. The smallest absolute Gasteiger partial charge is 0.116 e. The molecule has 0 spiro atoms. The van der Waals surface area contributed by atoms with E-state index in [1.807, 2.05) is 18.4 Å². The fourth-order valence-electron chi connectivity index (χ4n) is 2.37. The van der Waals surface area contributed by atoms with Crippen LogP contribution in [0.2, 0.25) is 0 Å². The third-order valence-electron chi connectivity index (χ3n) is 3.25. The molecule has 1 aliphatic heterocycles. The molecule has 0 radical (unpaired) electrons. The van der Waals surface area contributed by atoms with Crippen LogP contribution in [0, 0.1) is 12.3 Å². The highest BCUT2D eigenvalue weighted by atomic mass is 35.5. The molecule has 0 saturated heterocycles. The second-order valence-corrected chi connectivity index (χ2v) is 4.43. The van der Waals surface area contributed by atoms with Gasteiger partial charge in [0.25, 0.3) is 0 Å². The zero-order chi connectivity index (χ0) is 12.4. The lowest BCUT2D eigenvalue weighted by atomic mass is 10.0. The molecule has 3 rings (SSSR count). The van der Waals surface area contributed by atoms with E-state index < -0.39 is 0 Å². The van der Waals surface area contributed by atoms with Gasteiger partial charge in [-0.15, -0.1) is 18.8 Å². The number of furan rings is 1. The first kappa shape index (κ1) is 13.5. The van der Waals surface area contributed by atoms with Crippen molar-refractivity contribution in [3.8, 4) is 12.3 Å². The predicted octanol–water partition coefficient (Wildman–Crippen LogP) is 2.96. The number of terminal acetylenes is 1. The number of nitrogens with one attached hydrogen (secondary N) is 1. The second-order valence-electron chi connectivity index (χ2n) is 4.43. The van der Waals surface area contributed by atoms with E-state index in [9.17, 15) is 0 Å². The van der Waals surface area contributed by atoms with Gasteiger partial charge in [-0.1, -0.05) is 30.2 Å². The maximum atomic E-state index is 5.71. The van der Waals surface area contributed by atoms with Crippen LogP contribution < -0.4 is 5.32 Å². The van der Waals surface area contributed by atoms with Crippen LogP contribution in [0.4, 0.5) is 0 Å². The van der Waals surface area contributed by atoms with E-state index in [-0.39, 0.29) is 12.4 Å². The number of hydrogen-bond donors (Lipinski definition) is 1. The van der Waals surface area contributed by atoms with Crippen molar-refractivity contribution in [3.05, 3.63) is 36.3 Å². The van der Waals surface area contributed by atoms with E-state index in [1.165, 1.54) is 5.39 Å². The Bertz CT molecular complexity index is 639. The number of fused-ring (bicyclic) bond motifs is 1. The average molecular weight is 275 g/mol. The summed E-state index contributed by atoms with van der Waals surface area (Å²) in [6, 6.07) is 8.22. The van der Waals surface area contributed by atoms with Gasteiger partial charge in [0.2, 0.25) is 0 Å². The molecular weight excluding hydrogens is 260 g/mol. The van der Waals surface area contributed by atoms with Gasteiger partial charge in [-0.3, -0.25) is 4.99 Å². The molecule has 0 aliphatic carbocycles. The topological polar surface area (TPSA) is 37.5 Å². The van der Waals surface area contributed by atoms with Crippen molar-refractivity contribution in [1.29, 1.82) is 0 Å². The summed E-state index contributed by atoms with van der Waals surface area (Å²) in [5.41, 5.74) is 0. The summed E-state index contributed by atoms with van der Waals surface area (Å²) < 4.78 is 5.71. The SMILES string of the molecule is C#CCNC1=NCC(c2occ3ccccc23)C1.Cl. The molecule has 1 atom stereocenters. The highest BCUT2D eigenvalue weighted by Crippen LogP contribution is 2.32. The predicted molar refractivity (Wildman–Crippen MR) is 80.0 cm³/mol. The average Bonchev–Trinajstić information content (AvgIpc) is 3.02. The Morgan fingerprint density at radius 2 is 2.26 bits per heavy atom. The number of nitrogens with zero attached hydrogens (tertiary/aromatic N) is 1. The van der Waals surface area contributed by atoms with Crippen molar-refractivity contribution in [2.24, 2.45) is 4.99 Å². The fourth-order valence-corrected chi connectivity index (χ4v) is 2.37. The van der Waals surface area contributed by atoms with Crippen LogP contribution >= 0.6 is 12.4 Å². The Morgan fingerprint density at radius 1 is 1.42 bits per heavy atom.